The van der Waals surface area contributed by atoms with Crippen molar-refractivity contribution in [3.63, 3.8) is 0 Å². The Morgan fingerprint density at radius 1 is 1.00 bits per heavy atom. The van der Waals surface area contributed by atoms with E-state index in [4.69, 9.17) is 5.11 Å². The Morgan fingerprint density at radius 2 is 1.59 bits per heavy atom. The Balaban J connectivity index is 2.01. The van der Waals surface area contributed by atoms with Crippen LogP contribution >= 0.6 is 0 Å². The molecule has 3 N–H and O–H groups in total. The second-order valence-electron chi connectivity index (χ2n) is 7.28. The molecule has 0 aliphatic rings. The molecule has 0 fully saturated rings. The van der Waals surface area contributed by atoms with E-state index in [1.165, 1.54) is 0 Å². The van der Waals surface area contributed by atoms with E-state index < -0.39 is 10.0 Å². The fraction of sp³-hybridized carbons (Fsp3) is 0.350. The number of rotatable bonds is 7. The Hall–Kier alpha value is -2.22. The highest BCUT2D eigenvalue weighted by molar-refractivity contribution is 7.89. The number of hydrogen-bond acceptors (Lipinski definition) is 4. The van der Waals surface area contributed by atoms with Gasteiger partial charge in [0.25, 0.3) is 5.91 Å². The highest BCUT2D eigenvalue weighted by Crippen LogP contribution is 2.23. The molecule has 0 heterocycles. The van der Waals surface area contributed by atoms with Crippen LogP contribution in [0.2, 0.25) is 0 Å². The number of aliphatic hydroxyl groups is 1. The van der Waals surface area contributed by atoms with Gasteiger partial charge in [-0.3, -0.25) is 4.79 Å². The zero-order valence-corrected chi connectivity index (χ0v) is 16.6. The average Bonchev–Trinajstić information content (AvgIpc) is 2.64. The summed E-state index contributed by atoms with van der Waals surface area (Å²) in [5.74, 6) is -0.282. The average molecular weight is 391 g/mol. The third-order valence-corrected chi connectivity index (χ3v) is 5.53. The predicted octanol–water partition coefficient (Wildman–Crippen LogP) is 2.18. The molecule has 0 aromatic heterocycles. The van der Waals surface area contributed by atoms with E-state index in [1.807, 2.05) is 12.1 Å². The number of benzene rings is 2. The van der Waals surface area contributed by atoms with Crippen LogP contribution in [0.1, 0.15) is 42.3 Å². The van der Waals surface area contributed by atoms with E-state index >= 15 is 0 Å². The van der Waals surface area contributed by atoms with Crippen LogP contribution in [0.3, 0.4) is 0 Å². The largest absolute Gasteiger partial charge is 0.395 e. The second kappa shape index (κ2) is 8.65. The molecule has 0 unspecified atom stereocenters. The van der Waals surface area contributed by atoms with Gasteiger partial charge >= 0.3 is 0 Å². The van der Waals surface area contributed by atoms with Crippen molar-refractivity contribution >= 4 is 15.9 Å². The van der Waals surface area contributed by atoms with Gasteiger partial charge in [0.05, 0.1) is 11.5 Å². The first-order valence-electron chi connectivity index (χ1n) is 8.72. The minimum absolute atomic E-state index is 0.0407. The molecule has 0 atom stereocenters. The maximum absolute atomic E-state index is 12.5. The summed E-state index contributed by atoms with van der Waals surface area (Å²) in [6.07, 6.45) is 0. The molecule has 27 heavy (non-hydrogen) atoms. The van der Waals surface area contributed by atoms with Crippen LogP contribution < -0.4 is 10.0 Å². The molecule has 0 spiro atoms. The van der Waals surface area contributed by atoms with Crippen LogP contribution in [0.4, 0.5) is 0 Å². The van der Waals surface area contributed by atoms with E-state index in [0.29, 0.717) is 5.56 Å². The van der Waals surface area contributed by atoms with Crippen LogP contribution in [0, 0.1) is 0 Å². The maximum Gasteiger partial charge on any atom is 0.251 e. The Labute approximate surface area is 160 Å². The summed E-state index contributed by atoms with van der Waals surface area (Å²) < 4.78 is 27.5. The molecule has 2 rings (SSSR count). The first kappa shape index (κ1) is 21.1. The molecule has 146 valence electrons. The smallest absolute Gasteiger partial charge is 0.251 e. The number of aliphatic hydroxyl groups excluding tert-OH is 1. The predicted molar refractivity (Wildman–Crippen MR) is 105 cm³/mol. The molecule has 7 heteroatoms. The third kappa shape index (κ3) is 5.89. The van der Waals surface area contributed by atoms with Gasteiger partial charge in [0, 0.05) is 18.7 Å². The summed E-state index contributed by atoms with van der Waals surface area (Å²) in [4.78, 5) is 12.0. The molecule has 0 saturated heterocycles. The van der Waals surface area contributed by atoms with Crippen molar-refractivity contribution in [3.05, 3.63) is 65.2 Å². The zero-order chi connectivity index (χ0) is 20.1. The Kier molecular flexibility index (Phi) is 6.75. The fourth-order valence-corrected chi connectivity index (χ4v) is 3.46. The van der Waals surface area contributed by atoms with E-state index in [2.05, 4.69) is 30.8 Å². The number of carbonyl (C=O) groups is 1. The summed E-state index contributed by atoms with van der Waals surface area (Å²) in [6.45, 7) is 6.41. The Morgan fingerprint density at radius 3 is 2.11 bits per heavy atom. The highest BCUT2D eigenvalue weighted by atomic mass is 32.2. The van der Waals surface area contributed by atoms with Crippen molar-refractivity contribution in [1.29, 1.82) is 0 Å². The highest BCUT2D eigenvalue weighted by Gasteiger charge is 2.17. The van der Waals surface area contributed by atoms with Crippen LogP contribution in [0.25, 0.3) is 0 Å². The van der Waals surface area contributed by atoms with E-state index in [-0.39, 0.29) is 35.9 Å². The van der Waals surface area contributed by atoms with Gasteiger partial charge in [0.1, 0.15) is 0 Å². The number of nitrogens with one attached hydrogen (secondary N) is 2. The van der Waals surface area contributed by atoms with Crippen LogP contribution in [-0.4, -0.2) is 32.6 Å². The van der Waals surface area contributed by atoms with E-state index in [0.717, 1.165) is 11.1 Å². The van der Waals surface area contributed by atoms with Crippen LogP contribution in [-0.2, 0) is 22.0 Å². The molecule has 2 aromatic rings. The van der Waals surface area contributed by atoms with Gasteiger partial charge in [0.2, 0.25) is 10.0 Å². The van der Waals surface area contributed by atoms with Crippen molar-refractivity contribution in [3.8, 4) is 0 Å². The number of hydrogen-bond donors (Lipinski definition) is 3. The van der Waals surface area contributed by atoms with Crippen LogP contribution in [0.15, 0.2) is 53.4 Å². The first-order chi connectivity index (χ1) is 12.6. The molecule has 0 aliphatic carbocycles. The normalized spacial score (nSPS) is 12.0. The van der Waals surface area contributed by atoms with Crippen molar-refractivity contribution in [2.24, 2.45) is 0 Å². The molecule has 0 radical (unpaired) electrons. The third-order valence-electron chi connectivity index (χ3n) is 4.11. The minimum atomic E-state index is -3.62. The van der Waals surface area contributed by atoms with Gasteiger partial charge in [-0.05, 0) is 40.8 Å². The van der Waals surface area contributed by atoms with Crippen molar-refractivity contribution in [2.45, 2.75) is 37.6 Å². The SMILES string of the molecule is CC(C)(C)c1ccc(S(=O)(=O)NCc2ccc(C(=O)NCCO)cc2)cc1. The zero-order valence-electron chi connectivity index (χ0n) is 15.8. The maximum atomic E-state index is 12.5. The first-order valence-corrected chi connectivity index (χ1v) is 10.2. The quantitative estimate of drug-likeness (QED) is 0.675. The van der Waals surface area contributed by atoms with Crippen molar-refractivity contribution in [2.75, 3.05) is 13.2 Å². The van der Waals surface area contributed by atoms with Crippen LogP contribution in [0.5, 0.6) is 0 Å². The lowest BCUT2D eigenvalue weighted by atomic mass is 9.87. The van der Waals surface area contributed by atoms with E-state index in [1.54, 1.807) is 36.4 Å². The number of amides is 1. The number of sulfonamides is 1. The monoisotopic (exact) mass is 390 g/mol. The summed E-state index contributed by atoms with van der Waals surface area (Å²) in [5, 5.41) is 11.3. The Bertz CT molecular complexity index is 868. The summed E-state index contributed by atoms with van der Waals surface area (Å²) in [5.41, 5.74) is 2.22. The molecule has 0 aliphatic heterocycles. The fourth-order valence-electron chi connectivity index (χ4n) is 2.44. The second-order valence-corrected chi connectivity index (χ2v) is 9.04. The van der Waals surface area contributed by atoms with Crippen molar-refractivity contribution < 1.29 is 18.3 Å². The van der Waals surface area contributed by atoms with E-state index in [9.17, 15) is 13.2 Å². The summed E-state index contributed by atoms with van der Waals surface area (Å²) >= 11 is 0. The van der Waals surface area contributed by atoms with Gasteiger partial charge in [-0.15, -0.1) is 0 Å². The van der Waals surface area contributed by atoms with Crippen molar-refractivity contribution in [1.82, 2.24) is 10.0 Å². The van der Waals surface area contributed by atoms with Gasteiger partial charge in [-0.2, -0.15) is 0 Å². The lowest BCUT2D eigenvalue weighted by molar-refractivity contribution is 0.0944. The lowest BCUT2D eigenvalue weighted by Crippen LogP contribution is -2.26. The molecular formula is C20H26N2O4S. The molecule has 6 nitrogen and oxygen atoms in total. The summed E-state index contributed by atoms with van der Waals surface area (Å²) in [6, 6.07) is 13.5. The molecule has 0 saturated carbocycles. The topological polar surface area (TPSA) is 95.5 Å². The minimum Gasteiger partial charge on any atom is -0.395 e. The van der Waals surface area contributed by atoms with Gasteiger partial charge < -0.3 is 10.4 Å². The molecule has 2 aromatic carbocycles. The summed E-state index contributed by atoms with van der Waals surface area (Å²) in [7, 11) is -3.62. The molecule has 1 amide bonds. The molecular weight excluding hydrogens is 364 g/mol. The van der Waals surface area contributed by atoms with Gasteiger partial charge in [-0.1, -0.05) is 45.0 Å². The number of carbonyl (C=O) groups excluding carboxylic acids is 1. The standard InChI is InChI=1S/C20H26N2O4S/c1-20(2,3)17-8-10-18(11-9-17)27(25,26)22-14-15-4-6-16(7-5-15)19(24)21-12-13-23/h4-11,22-23H,12-14H2,1-3H3,(H,21,24). The van der Waals surface area contributed by atoms with Gasteiger partial charge in [0.15, 0.2) is 0 Å². The van der Waals surface area contributed by atoms with Gasteiger partial charge in [-0.25, -0.2) is 13.1 Å². The molecule has 0 bridgehead atoms. The lowest BCUT2D eigenvalue weighted by Gasteiger charge is -2.19.